The van der Waals surface area contributed by atoms with Gasteiger partial charge >= 0.3 is 0 Å². The van der Waals surface area contributed by atoms with E-state index in [1.807, 2.05) is 11.8 Å². The first-order valence-electron chi connectivity index (χ1n) is 11.2. The van der Waals surface area contributed by atoms with Crippen LogP contribution in [0.1, 0.15) is 71.6 Å². The van der Waals surface area contributed by atoms with E-state index >= 15 is 0 Å². The van der Waals surface area contributed by atoms with E-state index in [1.54, 1.807) is 11.1 Å². The average molecular weight is 419 g/mol. The van der Waals surface area contributed by atoms with Gasteiger partial charge in [0.25, 0.3) is 0 Å². The zero-order valence-corrected chi connectivity index (χ0v) is 19.6. The third-order valence-corrected chi connectivity index (χ3v) is 7.80. The van der Waals surface area contributed by atoms with Crippen molar-refractivity contribution in [3.8, 4) is 0 Å². The molecule has 0 saturated carbocycles. The molecule has 158 valence electrons. The van der Waals surface area contributed by atoms with Crippen molar-refractivity contribution in [2.24, 2.45) is 5.73 Å². The molecule has 1 heterocycles. The molecule has 3 N–H and O–H groups in total. The number of nitrogens with one attached hydrogen (secondary N) is 1. The summed E-state index contributed by atoms with van der Waals surface area (Å²) in [6, 6.07) is 11.8. The highest BCUT2D eigenvalue weighted by molar-refractivity contribution is 8.11. The van der Waals surface area contributed by atoms with E-state index < -0.39 is 0 Å². The number of nitrogens with two attached hydrogens (primary N) is 1. The first-order valence-corrected chi connectivity index (χ1v) is 12.1. The molecule has 0 radical (unpaired) electrons. The van der Waals surface area contributed by atoms with Crippen molar-refractivity contribution in [2.75, 3.05) is 6.54 Å². The van der Waals surface area contributed by atoms with Crippen LogP contribution in [-0.2, 0) is 19.3 Å². The number of rotatable bonds is 5. The van der Waals surface area contributed by atoms with Gasteiger partial charge in [-0.1, -0.05) is 49.0 Å². The highest BCUT2D eigenvalue weighted by atomic mass is 32.2. The molecule has 1 unspecified atom stereocenters. The van der Waals surface area contributed by atoms with Gasteiger partial charge in [0, 0.05) is 22.7 Å². The fourth-order valence-corrected chi connectivity index (χ4v) is 5.74. The highest BCUT2D eigenvalue weighted by Crippen LogP contribution is 2.39. The summed E-state index contributed by atoms with van der Waals surface area (Å²) in [6.45, 7) is 9.70. The molecule has 0 fully saturated rings. The Morgan fingerprint density at radius 2 is 1.83 bits per heavy atom. The van der Waals surface area contributed by atoms with Gasteiger partial charge in [-0.15, -0.1) is 0 Å². The van der Waals surface area contributed by atoms with Gasteiger partial charge in [-0.25, -0.2) is 0 Å². The molecule has 0 aromatic heterocycles. The van der Waals surface area contributed by atoms with E-state index in [0.29, 0.717) is 12.5 Å². The maximum atomic E-state index is 5.76. The van der Waals surface area contributed by atoms with Gasteiger partial charge in [-0.05, 0) is 103 Å². The lowest BCUT2D eigenvalue weighted by molar-refractivity contribution is 0.590. The number of aryl methyl sites for hydroxylation is 3. The van der Waals surface area contributed by atoms with E-state index in [2.05, 4.69) is 68.8 Å². The summed E-state index contributed by atoms with van der Waals surface area (Å²) in [7, 11) is 0. The van der Waals surface area contributed by atoms with Crippen LogP contribution < -0.4 is 11.1 Å². The molecule has 4 rings (SSSR count). The maximum Gasteiger partial charge on any atom is 0.0379 e. The largest absolute Gasteiger partial charge is 0.361 e. The Bertz CT molecular complexity index is 1020. The fraction of sp³-hybridized carbons (Fsp3) is 0.407. The van der Waals surface area contributed by atoms with Crippen LogP contribution in [0.2, 0.25) is 0 Å². The van der Waals surface area contributed by atoms with Crippen LogP contribution in [0.3, 0.4) is 0 Å². The number of allylic oxidation sites excluding steroid dienone is 2. The predicted molar refractivity (Wildman–Crippen MR) is 132 cm³/mol. The minimum Gasteiger partial charge on any atom is -0.361 e. The molecule has 1 atom stereocenters. The first-order chi connectivity index (χ1) is 14.5. The predicted octanol–water partition coefficient (Wildman–Crippen LogP) is 6.35. The smallest absolute Gasteiger partial charge is 0.0379 e. The van der Waals surface area contributed by atoms with Crippen LogP contribution >= 0.6 is 11.8 Å². The van der Waals surface area contributed by atoms with Crippen LogP contribution in [0, 0.1) is 13.8 Å². The van der Waals surface area contributed by atoms with Gasteiger partial charge in [0.2, 0.25) is 0 Å². The summed E-state index contributed by atoms with van der Waals surface area (Å²) in [4.78, 5) is 1.35. The zero-order valence-electron chi connectivity index (χ0n) is 18.8. The lowest BCUT2D eigenvalue weighted by Gasteiger charge is -2.25. The number of benzene rings is 2. The van der Waals surface area contributed by atoms with Crippen molar-refractivity contribution >= 4 is 16.7 Å². The summed E-state index contributed by atoms with van der Waals surface area (Å²) in [5, 5.41) is 5.99. The number of fused-ring (bicyclic) bond motifs is 1. The molecule has 1 aliphatic heterocycles. The van der Waals surface area contributed by atoms with Crippen LogP contribution in [0.5, 0.6) is 0 Å². The van der Waals surface area contributed by atoms with Crippen molar-refractivity contribution in [1.29, 1.82) is 0 Å². The normalized spacial score (nSPS) is 18.7. The summed E-state index contributed by atoms with van der Waals surface area (Å²) < 4.78 is 0. The lowest BCUT2D eigenvalue weighted by atomic mass is 9.83. The van der Waals surface area contributed by atoms with E-state index in [-0.39, 0.29) is 0 Å². The molecule has 2 aliphatic rings. The number of hydrogen-bond acceptors (Lipinski definition) is 3. The van der Waals surface area contributed by atoms with Crippen molar-refractivity contribution in [1.82, 2.24) is 5.32 Å². The first kappa shape index (κ1) is 21.3. The molecule has 2 aromatic carbocycles. The molecular formula is C27H34N2S. The molecule has 2 aromatic rings. The molecule has 2 nitrogen and oxygen atoms in total. The Morgan fingerprint density at radius 3 is 2.60 bits per heavy atom. The molecule has 0 amide bonds. The molecule has 1 aliphatic carbocycles. The second-order valence-electron chi connectivity index (χ2n) is 8.97. The van der Waals surface area contributed by atoms with Crippen molar-refractivity contribution in [2.45, 2.75) is 65.7 Å². The molecule has 0 bridgehead atoms. The number of thioether (sulfide) groups is 1. The quantitative estimate of drug-likeness (QED) is 0.594. The minimum absolute atomic E-state index is 0.677. The van der Waals surface area contributed by atoms with Crippen molar-refractivity contribution < 1.29 is 0 Å². The van der Waals surface area contributed by atoms with E-state index in [9.17, 15) is 0 Å². The summed E-state index contributed by atoms with van der Waals surface area (Å²) in [5.74, 6) is 0.677. The van der Waals surface area contributed by atoms with E-state index in [0.717, 1.165) is 12.8 Å². The lowest BCUT2D eigenvalue weighted by Crippen LogP contribution is -2.17. The van der Waals surface area contributed by atoms with Gasteiger partial charge < -0.3 is 11.1 Å². The summed E-state index contributed by atoms with van der Waals surface area (Å²) >= 11 is 1.86. The van der Waals surface area contributed by atoms with Crippen molar-refractivity contribution in [3.63, 3.8) is 0 Å². The van der Waals surface area contributed by atoms with Gasteiger partial charge in [0.15, 0.2) is 0 Å². The fourth-order valence-electron chi connectivity index (χ4n) is 4.85. The minimum atomic E-state index is 0.677. The Morgan fingerprint density at radius 1 is 1.07 bits per heavy atom. The van der Waals surface area contributed by atoms with Gasteiger partial charge in [-0.2, -0.15) is 0 Å². The second-order valence-corrected chi connectivity index (χ2v) is 9.85. The van der Waals surface area contributed by atoms with Crippen molar-refractivity contribution in [3.05, 3.63) is 86.1 Å². The molecular weight excluding hydrogens is 384 g/mol. The van der Waals surface area contributed by atoms with E-state index in [1.165, 1.54) is 63.4 Å². The topological polar surface area (TPSA) is 38.0 Å². The van der Waals surface area contributed by atoms with Gasteiger partial charge in [0.1, 0.15) is 0 Å². The highest BCUT2D eigenvalue weighted by Gasteiger charge is 2.20. The Balaban J connectivity index is 1.51. The van der Waals surface area contributed by atoms with Crippen LogP contribution in [0.15, 0.2) is 47.1 Å². The molecule has 30 heavy (non-hydrogen) atoms. The van der Waals surface area contributed by atoms with Crippen LogP contribution in [0.4, 0.5) is 0 Å². The summed E-state index contributed by atoms with van der Waals surface area (Å²) in [6.07, 6.45) is 5.76. The number of hydrogen-bond donors (Lipinski definition) is 2. The monoisotopic (exact) mass is 418 g/mol. The second kappa shape index (κ2) is 9.03. The third-order valence-electron chi connectivity index (χ3n) is 6.62. The standard InChI is InChI=1S/C27H34N2S/c1-17-6-5-7-21-8-9-23(15-26(17)21)27-20(4)29-25(16-30-27)14-24-13-18(2)22(10-11-28)12-19(24)3/h8-9,12-13,15-17,29H,5-7,10-11,14,28H2,1-4H3. The van der Waals surface area contributed by atoms with Gasteiger partial charge in [0.05, 0.1) is 0 Å². The zero-order chi connectivity index (χ0) is 21.3. The summed E-state index contributed by atoms with van der Waals surface area (Å²) in [5.41, 5.74) is 18.2. The molecule has 0 spiro atoms. The Kier molecular flexibility index (Phi) is 6.40. The average Bonchev–Trinajstić information content (AvgIpc) is 2.72. The van der Waals surface area contributed by atoms with Crippen LogP contribution in [-0.4, -0.2) is 6.54 Å². The molecule has 3 heteroatoms. The van der Waals surface area contributed by atoms with Crippen LogP contribution in [0.25, 0.3) is 4.91 Å². The Hall–Kier alpha value is -1.97. The maximum absolute atomic E-state index is 5.76. The van der Waals surface area contributed by atoms with E-state index in [4.69, 9.17) is 5.73 Å². The van der Waals surface area contributed by atoms with Gasteiger partial charge in [-0.3, -0.25) is 0 Å². The third kappa shape index (κ3) is 4.38. The Labute approximate surface area is 186 Å². The SMILES string of the molecule is CC1=C(c2ccc3c(c2)C(C)CCC3)SC=C(Cc2cc(C)c(CCN)cc2C)N1. The molecule has 0 saturated heterocycles.